The number of ether oxygens (including phenoxy) is 1. The van der Waals surface area contributed by atoms with E-state index in [4.69, 9.17) is 22.1 Å². The van der Waals surface area contributed by atoms with Crippen LogP contribution in [0.25, 0.3) is 0 Å². The van der Waals surface area contributed by atoms with Crippen LogP contribution in [0.4, 0.5) is 0 Å². The summed E-state index contributed by atoms with van der Waals surface area (Å²) in [5.41, 5.74) is 13.7. The van der Waals surface area contributed by atoms with Crippen LogP contribution in [-0.4, -0.2) is 7.11 Å². The maximum absolute atomic E-state index is 6.56. The fourth-order valence-corrected chi connectivity index (χ4v) is 2.97. The van der Waals surface area contributed by atoms with Gasteiger partial charge in [0.25, 0.3) is 0 Å². The Bertz CT molecular complexity index is 653. The molecule has 0 saturated carbocycles. The number of methoxy groups -OCH3 is 1. The third-order valence-electron chi connectivity index (χ3n) is 4.27. The van der Waals surface area contributed by atoms with Gasteiger partial charge in [-0.15, -0.1) is 0 Å². The van der Waals surface area contributed by atoms with Crippen molar-refractivity contribution in [2.24, 2.45) is 5.73 Å². The second kappa shape index (κ2) is 6.08. The minimum atomic E-state index is -0.226. The first-order chi connectivity index (χ1) is 9.86. The highest BCUT2D eigenvalue weighted by atomic mass is 35.5. The molecule has 1 atom stereocenters. The summed E-state index contributed by atoms with van der Waals surface area (Å²) in [5, 5.41) is 0.650. The molecular formula is C18H22ClNO. The van der Waals surface area contributed by atoms with Crippen molar-refractivity contribution in [3.05, 3.63) is 62.7 Å². The summed E-state index contributed by atoms with van der Waals surface area (Å²) < 4.78 is 5.44. The highest BCUT2D eigenvalue weighted by Crippen LogP contribution is 2.35. The standard InChI is InChI=1S/C18H22ClNO/c1-10-8-11(2)13(4)17(12(10)3)18(20)15-7-6-14(19)9-16(15)21-5/h6-9,18H,20H2,1-5H3. The molecule has 0 aliphatic carbocycles. The molecule has 0 heterocycles. The minimum Gasteiger partial charge on any atom is -0.496 e. The van der Waals surface area contributed by atoms with Crippen LogP contribution in [0.5, 0.6) is 5.75 Å². The van der Waals surface area contributed by atoms with E-state index in [0.717, 1.165) is 11.3 Å². The predicted molar refractivity (Wildman–Crippen MR) is 89.4 cm³/mol. The highest BCUT2D eigenvalue weighted by molar-refractivity contribution is 6.30. The van der Waals surface area contributed by atoms with E-state index in [1.54, 1.807) is 7.11 Å². The van der Waals surface area contributed by atoms with Crippen LogP contribution in [0.1, 0.15) is 39.4 Å². The van der Waals surface area contributed by atoms with Crippen molar-refractivity contribution in [3.8, 4) is 5.75 Å². The van der Waals surface area contributed by atoms with Crippen molar-refractivity contribution < 1.29 is 4.74 Å². The Morgan fingerprint density at radius 1 is 1.00 bits per heavy atom. The van der Waals surface area contributed by atoms with Gasteiger partial charge in [-0.3, -0.25) is 0 Å². The molecule has 0 amide bonds. The molecule has 2 rings (SSSR count). The molecule has 0 bridgehead atoms. The summed E-state index contributed by atoms with van der Waals surface area (Å²) >= 11 is 6.04. The normalized spacial score (nSPS) is 12.3. The second-order valence-electron chi connectivity index (χ2n) is 5.54. The first kappa shape index (κ1) is 15.9. The average molecular weight is 304 g/mol. The third-order valence-corrected chi connectivity index (χ3v) is 4.50. The minimum absolute atomic E-state index is 0.226. The van der Waals surface area contributed by atoms with Gasteiger partial charge in [-0.25, -0.2) is 0 Å². The monoisotopic (exact) mass is 303 g/mol. The Morgan fingerprint density at radius 2 is 1.57 bits per heavy atom. The smallest absolute Gasteiger partial charge is 0.125 e. The number of aryl methyl sites for hydroxylation is 2. The molecule has 2 aromatic rings. The van der Waals surface area contributed by atoms with Crippen molar-refractivity contribution in [2.45, 2.75) is 33.7 Å². The average Bonchev–Trinajstić information content (AvgIpc) is 2.45. The van der Waals surface area contributed by atoms with Crippen LogP contribution in [0, 0.1) is 27.7 Å². The lowest BCUT2D eigenvalue weighted by Gasteiger charge is -2.23. The number of hydrogen-bond donors (Lipinski definition) is 1. The van der Waals surface area contributed by atoms with Gasteiger partial charge in [0.1, 0.15) is 5.75 Å². The fourth-order valence-electron chi connectivity index (χ4n) is 2.81. The molecule has 0 aliphatic heterocycles. The number of halogens is 1. The molecule has 3 heteroatoms. The molecule has 0 radical (unpaired) electrons. The van der Waals surface area contributed by atoms with E-state index in [-0.39, 0.29) is 6.04 Å². The second-order valence-corrected chi connectivity index (χ2v) is 5.97. The zero-order chi connectivity index (χ0) is 15.7. The predicted octanol–water partition coefficient (Wildman–Crippen LogP) is 4.63. The summed E-state index contributed by atoms with van der Waals surface area (Å²) in [6, 6.07) is 7.59. The van der Waals surface area contributed by atoms with E-state index < -0.39 is 0 Å². The Morgan fingerprint density at radius 3 is 2.10 bits per heavy atom. The van der Waals surface area contributed by atoms with Crippen LogP contribution < -0.4 is 10.5 Å². The number of benzene rings is 2. The Hall–Kier alpha value is -1.51. The largest absolute Gasteiger partial charge is 0.496 e. The number of hydrogen-bond acceptors (Lipinski definition) is 2. The van der Waals surface area contributed by atoms with Crippen molar-refractivity contribution in [1.82, 2.24) is 0 Å². The molecule has 0 spiro atoms. The molecule has 0 saturated heterocycles. The van der Waals surface area contributed by atoms with Gasteiger partial charge < -0.3 is 10.5 Å². The van der Waals surface area contributed by atoms with E-state index in [2.05, 4.69) is 33.8 Å². The van der Waals surface area contributed by atoms with Crippen LogP contribution in [-0.2, 0) is 0 Å². The molecule has 21 heavy (non-hydrogen) atoms. The lowest BCUT2D eigenvalue weighted by molar-refractivity contribution is 0.408. The SMILES string of the molecule is COc1cc(Cl)ccc1C(N)c1c(C)c(C)cc(C)c1C. The molecule has 0 aromatic heterocycles. The molecule has 0 aliphatic rings. The lowest BCUT2D eigenvalue weighted by Crippen LogP contribution is -2.17. The van der Waals surface area contributed by atoms with Crippen molar-refractivity contribution >= 4 is 11.6 Å². The van der Waals surface area contributed by atoms with Crippen molar-refractivity contribution in [1.29, 1.82) is 0 Å². The van der Waals surface area contributed by atoms with Gasteiger partial charge in [0, 0.05) is 10.6 Å². The summed E-state index contributed by atoms with van der Waals surface area (Å²) in [7, 11) is 1.64. The Balaban J connectivity index is 2.63. The maximum atomic E-state index is 6.56. The topological polar surface area (TPSA) is 35.2 Å². The van der Waals surface area contributed by atoms with E-state index >= 15 is 0 Å². The van der Waals surface area contributed by atoms with Crippen LogP contribution in [0.3, 0.4) is 0 Å². The van der Waals surface area contributed by atoms with Crippen LogP contribution in [0.15, 0.2) is 24.3 Å². The van der Waals surface area contributed by atoms with Gasteiger partial charge >= 0.3 is 0 Å². The number of nitrogens with two attached hydrogens (primary N) is 1. The van der Waals surface area contributed by atoms with E-state index in [1.807, 2.05) is 18.2 Å². The van der Waals surface area contributed by atoms with Crippen molar-refractivity contribution in [2.75, 3.05) is 7.11 Å². The fraction of sp³-hybridized carbons (Fsp3) is 0.333. The first-order valence-electron chi connectivity index (χ1n) is 7.03. The molecule has 0 fully saturated rings. The van der Waals surface area contributed by atoms with Gasteiger partial charge in [-0.2, -0.15) is 0 Å². The first-order valence-corrected chi connectivity index (χ1v) is 7.41. The third kappa shape index (κ3) is 2.92. The summed E-state index contributed by atoms with van der Waals surface area (Å²) in [6.07, 6.45) is 0. The summed E-state index contributed by atoms with van der Waals surface area (Å²) in [5.74, 6) is 0.730. The zero-order valence-electron chi connectivity index (χ0n) is 13.3. The van der Waals surface area contributed by atoms with Gasteiger partial charge in [0.2, 0.25) is 0 Å². The number of rotatable bonds is 3. The molecule has 2 N–H and O–H groups in total. The van der Waals surface area contributed by atoms with E-state index in [1.165, 1.54) is 27.8 Å². The summed E-state index contributed by atoms with van der Waals surface area (Å²) in [6.45, 7) is 8.49. The van der Waals surface area contributed by atoms with E-state index in [0.29, 0.717) is 5.02 Å². The summed E-state index contributed by atoms with van der Waals surface area (Å²) in [4.78, 5) is 0. The molecule has 112 valence electrons. The highest BCUT2D eigenvalue weighted by Gasteiger charge is 2.20. The quantitative estimate of drug-likeness (QED) is 0.897. The molecule has 1 unspecified atom stereocenters. The Labute approximate surface area is 131 Å². The van der Waals surface area contributed by atoms with Gasteiger partial charge in [-0.05, 0) is 67.6 Å². The van der Waals surface area contributed by atoms with Crippen LogP contribution in [0.2, 0.25) is 5.02 Å². The van der Waals surface area contributed by atoms with Gasteiger partial charge in [-0.1, -0.05) is 23.7 Å². The zero-order valence-corrected chi connectivity index (χ0v) is 14.0. The van der Waals surface area contributed by atoms with Gasteiger partial charge in [0.15, 0.2) is 0 Å². The van der Waals surface area contributed by atoms with Crippen LogP contribution >= 0.6 is 11.6 Å². The van der Waals surface area contributed by atoms with E-state index in [9.17, 15) is 0 Å². The Kier molecular flexibility index (Phi) is 4.60. The molecular weight excluding hydrogens is 282 g/mol. The maximum Gasteiger partial charge on any atom is 0.125 e. The lowest BCUT2D eigenvalue weighted by atomic mass is 9.87. The molecule has 2 aromatic carbocycles. The van der Waals surface area contributed by atoms with Gasteiger partial charge in [0.05, 0.1) is 13.2 Å². The van der Waals surface area contributed by atoms with Crippen molar-refractivity contribution in [3.63, 3.8) is 0 Å². The molecule has 2 nitrogen and oxygen atoms in total.